The molecule has 3 rings (SSSR count). The van der Waals surface area contributed by atoms with E-state index >= 15 is 0 Å². The van der Waals surface area contributed by atoms with Crippen molar-refractivity contribution in [2.45, 2.75) is 13.8 Å². The molecule has 0 saturated carbocycles. The van der Waals surface area contributed by atoms with Crippen molar-refractivity contribution in [3.8, 4) is 23.0 Å². The Morgan fingerprint density at radius 3 is 2.08 bits per heavy atom. The summed E-state index contributed by atoms with van der Waals surface area (Å²) in [4.78, 5) is 3.94. The summed E-state index contributed by atoms with van der Waals surface area (Å²) in [5.41, 5.74) is 7.66. The van der Waals surface area contributed by atoms with Gasteiger partial charge in [0.25, 0.3) is 0 Å². The number of nitrogens with zero attached hydrogens (tertiary/aromatic N) is 1. The number of thiocarbonyl (C=S) groups is 1. The Morgan fingerprint density at radius 2 is 1.44 bits per heavy atom. The van der Waals surface area contributed by atoms with Crippen LogP contribution in [0.1, 0.15) is 22.3 Å². The third-order valence-corrected chi connectivity index (χ3v) is 4.09. The summed E-state index contributed by atoms with van der Waals surface area (Å²) in [6, 6.07) is 22.6. The monoisotopic (exact) mass is 339 g/mol. The highest BCUT2D eigenvalue weighted by molar-refractivity contribution is 7.78. The quantitative estimate of drug-likeness (QED) is 0.312. The Kier molecular flexibility index (Phi) is 5.21. The number of rotatable bonds is 2. The fourth-order valence-electron chi connectivity index (χ4n) is 2.54. The molecule has 3 aromatic rings. The van der Waals surface area contributed by atoms with Crippen molar-refractivity contribution in [3.63, 3.8) is 0 Å². The molecule has 2 heteroatoms. The van der Waals surface area contributed by atoms with Crippen molar-refractivity contribution >= 4 is 23.1 Å². The summed E-state index contributed by atoms with van der Waals surface area (Å²) in [7, 11) is 0. The summed E-state index contributed by atoms with van der Waals surface area (Å²) in [6.07, 6.45) is 0. The fourth-order valence-corrected chi connectivity index (χ4v) is 2.65. The summed E-state index contributed by atoms with van der Waals surface area (Å²) < 4.78 is 0. The smallest absolute Gasteiger partial charge is 0.0740 e. The minimum atomic E-state index is 0.791. The molecule has 25 heavy (non-hydrogen) atoms. The van der Waals surface area contributed by atoms with Crippen molar-refractivity contribution in [2.75, 3.05) is 0 Å². The molecule has 0 heterocycles. The zero-order valence-electron chi connectivity index (χ0n) is 14.2. The number of hydrogen-bond donors (Lipinski definition) is 0. The molecule has 0 aliphatic heterocycles. The van der Waals surface area contributed by atoms with Crippen LogP contribution in [0.2, 0.25) is 0 Å². The zero-order valence-corrected chi connectivity index (χ0v) is 15.0. The normalized spacial score (nSPS) is 9.68. The molecule has 0 aliphatic carbocycles. The first-order valence-electron chi connectivity index (χ1n) is 8.03. The van der Waals surface area contributed by atoms with Gasteiger partial charge in [0.1, 0.15) is 0 Å². The number of benzene rings is 3. The minimum absolute atomic E-state index is 0.791. The average Bonchev–Trinajstić information content (AvgIpc) is 2.63. The number of aryl methyl sites for hydroxylation is 2. The highest BCUT2D eigenvalue weighted by Crippen LogP contribution is 2.22. The van der Waals surface area contributed by atoms with E-state index in [1.165, 1.54) is 22.3 Å². The van der Waals surface area contributed by atoms with Gasteiger partial charge in [0.15, 0.2) is 0 Å². The Labute approximate surface area is 154 Å². The summed E-state index contributed by atoms with van der Waals surface area (Å²) >= 11 is 4.60. The molecule has 0 amide bonds. The molecule has 0 aromatic heterocycles. The van der Waals surface area contributed by atoms with E-state index in [0.29, 0.717) is 0 Å². The molecule has 0 unspecified atom stereocenters. The van der Waals surface area contributed by atoms with Crippen LogP contribution in [0.4, 0.5) is 5.69 Å². The van der Waals surface area contributed by atoms with E-state index in [-0.39, 0.29) is 0 Å². The first-order valence-corrected chi connectivity index (χ1v) is 8.44. The lowest BCUT2D eigenvalue weighted by molar-refractivity contribution is 1.42. The SMILES string of the molecule is Cc1ccc(-c2ccc(C#Cc3ccc(N=C=S)cc3)c(C)c2)cc1. The van der Waals surface area contributed by atoms with Gasteiger partial charge in [-0.05, 0) is 73.1 Å². The highest BCUT2D eigenvalue weighted by atomic mass is 32.1. The molecule has 3 aromatic carbocycles. The second kappa shape index (κ2) is 7.73. The first kappa shape index (κ1) is 16.9. The highest BCUT2D eigenvalue weighted by Gasteiger charge is 2.01. The summed E-state index contributed by atoms with van der Waals surface area (Å²) in [5, 5.41) is 2.36. The van der Waals surface area contributed by atoms with Gasteiger partial charge in [0.2, 0.25) is 0 Å². The molecule has 1 nitrogen and oxygen atoms in total. The number of hydrogen-bond acceptors (Lipinski definition) is 2. The Morgan fingerprint density at radius 1 is 0.760 bits per heavy atom. The van der Waals surface area contributed by atoms with Crippen molar-refractivity contribution in [3.05, 3.63) is 89.0 Å². The van der Waals surface area contributed by atoms with Gasteiger partial charge in [-0.1, -0.05) is 53.8 Å². The van der Waals surface area contributed by atoms with E-state index in [1.807, 2.05) is 24.3 Å². The van der Waals surface area contributed by atoms with E-state index < -0.39 is 0 Å². The van der Waals surface area contributed by atoms with Crippen LogP contribution in [-0.2, 0) is 0 Å². The fraction of sp³-hybridized carbons (Fsp3) is 0.0870. The van der Waals surface area contributed by atoms with Crippen LogP contribution in [0.25, 0.3) is 11.1 Å². The van der Waals surface area contributed by atoms with Crippen LogP contribution < -0.4 is 0 Å². The van der Waals surface area contributed by atoms with Gasteiger partial charge in [-0.15, -0.1) is 0 Å². The largest absolute Gasteiger partial charge is 0.195 e. The molecule has 0 atom stereocenters. The van der Waals surface area contributed by atoms with Gasteiger partial charge in [-0.3, -0.25) is 0 Å². The zero-order chi connectivity index (χ0) is 17.6. The van der Waals surface area contributed by atoms with E-state index in [4.69, 9.17) is 0 Å². The Balaban J connectivity index is 1.84. The van der Waals surface area contributed by atoms with E-state index in [0.717, 1.165) is 16.8 Å². The molecule has 0 bridgehead atoms. The Hall–Kier alpha value is -2.98. The molecule has 120 valence electrons. The van der Waals surface area contributed by atoms with Crippen LogP contribution >= 0.6 is 12.2 Å². The van der Waals surface area contributed by atoms with Crippen LogP contribution in [-0.4, -0.2) is 5.16 Å². The van der Waals surface area contributed by atoms with Gasteiger partial charge in [0, 0.05) is 11.1 Å². The van der Waals surface area contributed by atoms with E-state index in [2.05, 4.69) is 90.5 Å². The second-order valence-electron chi connectivity index (χ2n) is 5.90. The lowest BCUT2D eigenvalue weighted by atomic mass is 9.99. The van der Waals surface area contributed by atoms with Crippen LogP contribution in [0.3, 0.4) is 0 Å². The van der Waals surface area contributed by atoms with Gasteiger partial charge >= 0.3 is 0 Å². The van der Waals surface area contributed by atoms with Gasteiger partial charge in [0.05, 0.1) is 10.8 Å². The Bertz CT molecular complexity index is 997. The van der Waals surface area contributed by atoms with E-state index in [1.54, 1.807) is 0 Å². The lowest BCUT2D eigenvalue weighted by Crippen LogP contribution is -1.85. The summed E-state index contributed by atoms with van der Waals surface area (Å²) in [6.45, 7) is 4.20. The maximum absolute atomic E-state index is 4.60. The topological polar surface area (TPSA) is 12.4 Å². The number of isothiocyanates is 1. The van der Waals surface area contributed by atoms with Crippen molar-refractivity contribution < 1.29 is 0 Å². The predicted octanol–water partition coefficient (Wildman–Crippen LogP) is 6.10. The number of aliphatic imine (C=N–C) groups is 1. The summed E-state index contributed by atoms with van der Waals surface area (Å²) in [5.74, 6) is 6.45. The molecule has 0 spiro atoms. The molecular weight excluding hydrogens is 322 g/mol. The maximum Gasteiger partial charge on any atom is 0.0740 e. The van der Waals surface area contributed by atoms with Crippen LogP contribution in [0, 0.1) is 25.7 Å². The average molecular weight is 339 g/mol. The molecule has 0 fully saturated rings. The van der Waals surface area contributed by atoms with Gasteiger partial charge in [-0.2, -0.15) is 4.99 Å². The van der Waals surface area contributed by atoms with E-state index in [9.17, 15) is 0 Å². The van der Waals surface area contributed by atoms with Crippen molar-refractivity contribution in [1.82, 2.24) is 0 Å². The molecule has 0 saturated heterocycles. The second-order valence-corrected chi connectivity index (χ2v) is 6.08. The van der Waals surface area contributed by atoms with Crippen LogP contribution in [0.5, 0.6) is 0 Å². The van der Waals surface area contributed by atoms with Crippen molar-refractivity contribution in [1.29, 1.82) is 0 Å². The standard InChI is InChI=1S/C23H17NS/c1-17-3-8-21(9-4-17)22-12-11-20(18(2)15-22)10-5-19-6-13-23(14-7-19)24-16-25/h3-4,6-9,11-15H,1-2H3. The minimum Gasteiger partial charge on any atom is -0.195 e. The maximum atomic E-state index is 4.60. The van der Waals surface area contributed by atoms with Crippen molar-refractivity contribution in [2.24, 2.45) is 4.99 Å². The lowest BCUT2D eigenvalue weighted by Gasteiger charge is -2.05. The third kappa shape index (κ3) is 4.31. The third-order valence-electron chi connectivity index (χ3n) is 3.99. The van der Waals surface area contributed by atoms with Gasteiger partial charge < -0.3 is 0 Å². The predicted molar refractivity (Wildman–Crippen MR) is 108 cm³/mol. The first-order chi connectivity index (χ1) is 12.2. The van der Waals surface area contributed by atoms with Crippen LogP contribution in [0.15, 0.2) is 71.7 Å². The molecule has 0 radical (unpaired) electrons. The molecule has 0 aliphatic rings. The molecule has 0 N–H and O–H groups in total. The van der Waals surface area contributed by atoms with Gasteiger partial charge in [-0.25, -0.2) is 0 Å². The molecular formula is C23H17NS.